The van der Waals surface area contributed by atoms with Gasteiger partial charge in [-0.05, 0) is 83.5 Å². The maximum atomic E-state index is 12.9. The van der Waals surface area contributed by atoms with Crippen LogP contribution < -0.4 is 0 Å². The number of unbranched alkanes of at least 4 members (excludes halogenated alkanes) is 38. The van der Waals surface area contributed by atoms with Gasteiger partial charge < -0.3 is 14.2 Å². The first-order valence-electron chi connectivity index (χ1n) is 33.4. The highest BCUT2D eigenvalue weighted by Gasteiger charge is 2.19. The number of allylic oxidation sites excluding steroid dienone is 12. The first kappa shape index (κ1) is 73.8. The Bertz CT molecular complexity index is 1420. The molecule has 0 saturated heterocycles. The third-order valence-electron chi connectivity index (χ3n) is 14.7. The van der Waals surface area contributed by atoms with Crippen molar-refractivity contribution >= 4 is 17.9 Å². The second-order valence-corrected chi connectivity index (χ2v) is 22.4. The van der Waals surface area contributed by atoms with Crippen LogP contribution in [0.1, 0.15) is 342 Å². The number of hydrogen-bond donors (Lipinski definition) is 0. The maximum Gasteiger partial charge on any atom is 0.306 e. The van der Waals surface area contributed by atoms with Crippen LogP contribution >= 0.6 is 0 Å². The van der Waals surface area contributed by atoms with Crippen molar-refractivity contribution < 1.29 is 28.6 Å². The molecule has 0 aromatic carbocycles. The van der Waals surface area contributed by atoms with Gasteiger partial charge in [-0.3, -0.25) is 14.4 Å². The Kier molecular flexibility index (Phi) is 62.7. The van der Waals surface area contributed by atoms with Gasteiger partial charge in [0, 0.05) is 19.3 Å². The zero-order chi connectivity index (χ0) is 55.7. The average Bonchev–Trinajstić information content (AvgIpc) is 3.43. The molecule has 6 heteroatoms. The van der Waals surface area contributed by atoms with Crippen LogP contribution in [0.3, 0.4) is 0 Å². The second-order valence-electron chi connectivity index (χ2n) is 22.4. The van der Waals surface area contributed by atoms with Crippen molar-refractivity contribution in [3.05, 3.63) is 72.9 Å². The lowest BCUT2D eigenvalue weighted by Crippen LogP contribution is -2.30. The van der Waals surface area contributed by atoms with Gasteiger partial charge >= 0.3 is 17.9 Å². The van der Waals surface area contributed by atoms with Gasteiger partial charge in [-0.2, -0.15) is 0 Å². The predicted octanol–water partition coefficient (Wildman–Crippen LogP) is 22.9. The second kappa shape index (κ2) is 65.4. The fourth-order valence-electron chi connectivity index (χ4n) is 9.71. The summed E-state index contributed by atoms with van der Waals surface area (Å²) in [5, 5.41) is 0. The third kappa shape index (κ3) is 63.6. The fourth-order valence-corrected chi connectivity index (χ4v) is 9.71. The first-order chi connectivity index (χ1) is 38.0. The van der Waals surface area contributed by atoms with Crippen LogP contribution in [-0.4, -0.2) is 37.2 Å². The molecule has 0 spiro atoms. The average molecular weight is 1080 g/mol. The van der Waals surface area contributed by atoms with Crippen LogP contribution in [0.15, 0.2) is 72.9 Å². The van der Waals surface area contributed by atoms with Gasteiger partial charge in [-0.1, -0.05) is 312 Å². The van der Waals surface area contributed by atoms with E-state index in [1.807, 2.05) is 0 Å². The van der Waals surface area contributed by atoms with Gasteiger partial charge in [-0.25, -0.2) is 0 Å². The highest BCUT2D eigenvalue weighted by atomic mass is 16.6. The Balaban J connectivity index is 4.34. The van der Waals surface area contributed by atoms with Crippen molar-refractivity contribution in [1.82, 2.24) is 0 Å². The van der Waals surface area contributed by atoms with Gasteiger partial charge in [0.25, 0.3) is 0 Å². The maximum absolute atomic E-state index is 12.9. The van der Waals surface area contributed by atoms with E-state index < -0.39 is 6.10 Å². The van der Waals surface area contributed by atoms with Crippen molar-refractivity contribution in [3.63, 3.8) is 0 Å². The summed E-state index contributed by atoms with van der Waals surface area (Å²) in [6, 6.07) is 0. The molecule has 0 fully saturated rings. The van der Waals surface area contributed by atoms with E-state index >= 15 is 0 Å². The standard InChI is InChI=1S/C71H126O6/c1-4-7-10-13-16-19-22-25-28-31-32-33-34-35-36-37-38-41-43-46-49-52-55-58-61-64-70(73)76-67-68(77-71(74)65-62-59-56-53-50-47-44-40-30-27-24-21-18-15-12-9-6-3)66-75-69(72)63-60-57-54-51-48-45-42-39-29-26-23-20-17-14-11-8-5-2/h9,12,18,21,26-27,29-30,44,47,53,56,68H,4-8,10-11,13-17,19-20,22-25,28,31-43,45-46,48-52,54-55,57-67H2,1-3H3/b12-9-,21-18-,29-26-,30-27-,47-44-,56-53-. The lowest BCUT2D eigenvalue weighted by Gasteiger charge is -2.18. The highest BCUT2D eigenvalue weighted by Crippen LogP contribution is 2.18. The highest BCUT2D eigenvalue weighted by molar-refractivity contribution is 5.71. The minimum Gasteiger partial charge on any atom is -0.462 e. The molecule has 1 unspecified atom stereocenters. The lowest BCUT2D eigenvalue weighted by molar-refractivity contribution is -0.167. The molecule has 0 heterocycles. The third-order valence-corrected chi connectivity index (χ3v) is 14.7. The summed E-state index contributed by atoms with van der Waals surface area (Å²) < 4.78 is 16.9. The first-order valence-corrected chi connectivity index (χ1v) is 33.4. The zero-order valence-corrected chi connectivity index (χ0v) is 51.2. The Morgan fingerprint density at radius 1 is 0.273 bits per heavy atom. The minimum atomic E-state index is -0.807. The molecule has 446 valence electrons. The Morgan fingerprint density at radius 3 is 0.844 bits per heavy atom. The van der Waals surface area contributed by atoms with E-state index in [0.29, 0.717) is 19.3 Å². The number of esters is 3. The van der Waals surface area contributed by atoms with Crippen LogP contribution in [0, 0.1) is 0 Å². The Morgan fingerprint density at radius 2 is 0.519 bits per heavy atom. The van der Waals surface area contributed by atoms with Gasteiger partial charge in [0.15, 0.2) is 6.10 Å². The largest absolute Gasteiger partial charge is 0.462 e. The van der Waals surface area contributed by atoms with Crippen LogP contribution in [0.4, 0.5) is 0 Å². The van der Waals surface area contributed by atoms with Crippen molar-refractivity contribution in [2.75, 3.05) is 13.2 Å². The van der Waals surface area contributed by atoms with E-state index in [1.54, 1.807) is 0 Å². The molecule has 0 aromatic rings. The van der Waals surface area contributed by atoms with Crippen molar-refractivity contribution in [1.29, 1.82) is 0 Å². The summed E-state index contributed by atoms with van der Waals surface area (Å²) in [5.74, 6) is -0.942. The Hall–Kier alpha value is -3.15. The summed E-state index contributed by atoms with van der Waals surface area (Å²) in [5.41, 5.74) is 0. The summed E-state index contributed by atoms with van der Waals surface area (Å²) in [6.45, 7) is 6.52. The quantitative estimate of drug-likeness (QED) is 0.0261. The van der Waals surface area contributed by atoms with Crippen molar-refractivity contribution in [2.45, 2.75) is 348 Å². The van der Waals surface area contributed by atoms with E-state index in [1.165, 1.54) is 218 Å². The van der Waals surface area contributed by atoms with Crippen molar-refractivity contribution in [3.8, 4) is 0 Å². The monoisotopic (exact) mass is 1070 g/mol. The molecule has 0 aliphatic carbocycles. The molecule has 0 aromatic heterocycles. The van der Waals surface area contributed by atoms with Gasteiger partial charge in [0.2, 0.25) is 0 Å². The van der Waals surface area contributed by atoms with E-state index in [4.69, 9.17) is 14.2 Å². The van der Waals surface area contributed by atoms with E-state index in [0.717, 1.165) is 77.0 Å². The summed E-state index contributed by atoms with van der Waals surface area (Å²) in [6.07, 6.45) is 85.0. The predicted molar refractivity (Wildman–Crippen MR) is 335 cm³/mol. The molecule has 0 N–H and O–H groups in total. The number of hydrogen-bond acceptors (Lipinski definition) is 6. The Labute approximate surface area is 478 Å². The molecule has 0 aliphatic rings. The molecule has 0 saturated carbocycles. The summed E-state index contributed by atoms with van der Waals surface area (Å²) >= 11 is 0. The molecule has 0 amide bonds. The molecule has 77 heavy (non-hydrogen) atoms. The van der Waals surface area contributed by atoms with Crippen LogP contribution in [0.5, 0.6) is 0 Å². The van der Waals surface area contributed by atoms with E-state index in [-0.39, 0.29) is 37.5 Å². The number of carbonyl (C=O) groups is 3. The number of ether oxygens (including phenoxy) is 3. The molecule has 0 aliphatic heterocycles. The van der Waals surface area contributed by atoms with Crippen LogP contribution in [0.2, 0.25) is 0 Å². The van der Waals surface area contributed by atoms with Crippen LogP contribution in [-0.2, 0) is 28.6 Å². The van der Waals surface area contributed by atoms with Gasteiger partial charge in [0.05, 0.1) is 0 Å². The van der Waals surface area contributed by atoms with Gasteiger partial charge in [0.1, 0.15) is 13.2 Å². The summed E-state index contributed by atoms with van der Waals surface area (Å²) in [7, 11) is 0. The normalized spacial score (nSPS) is 12.5. The zero-order valence-electron chi connectivity index (χ0n) is 51.2. The van der Waals surface area contributed by atoms with E-state index in [9.17, 15) is 14.4 Å². The molecule has 6 nitrogen and oxygen atoms in total. The lowest BCUT2D eigenvalue weighted by atomic mass is 10.0. The minimum absolute atomic E-state index is 0.0962. The van der Waals surface area contributed by atoms with E-state index in [2.05, 4.69) is 93.7 Å². The SMILES string of the molecule is CC/C=C\C/C=C\C/C=C\C/C=C\C/C=C\CCCC(=O)OC(COC(=O)CCCCCCCCC/C=C\CCCCCCCC)COC(=O)CCCCCCCCCCCCCCCCCCCCCCCCCCC. The van der Waals surface area contributed by atoms with Crippen molar-refractivity contribution in [2.24, 2.45) is 0 Å². The molecule has 0 radical (unpaired) electrons. The molecule has 0 bridgehead atoms. The topological polar surface area (TPSA) is 78.9 Å². The molecule has 1 atom stereocenters. The van der Waals surface area contributed by atoms with Crippen LogP contribution in [0.25, 0.3) is 0 Å². The summed E-state index contributed by atoms with van der Waals surface area (Å²) in [4.78, 5) is 38.3. The molecular formula is C71H126O6. The molecular weight excluding hydrogens is 949 g/mol. The number of rotatable bonds is 61. The van der Waals surface area contributed by atoms with Gasteiger partial charge in [-0.15, -0.1) is 0 Å². The number of carbonyl (C=O) groups excluding carboxylic acids is 3. The molecule has 0 rings (SSSR count). The smallest absolute Gasteiger partial charge is 0.306 e. The fraction of sp³-hybridized carbons (Fsp3) is 0.789.